The molecule has 1 aromatic carbocycles. The molecule has 0 spiro atoms. The van der Waals surface area contributed by atoms with E-state index in [0.29, 0.717) is 0 Å². The van der Waals surface area contributed by atoms with E-state index in [2.05, 4.69) is 24.4 Å². The van der Waals surface area contributed by atoms with E-state index in [9.17, 15) is 4.79 Å². The van der Waals surface area contributed by atoms with Crippen LogP contribution in [0.5, 0.6) is 0 Å². The highest BCUT2D eigenvalue weighted by Gasteiger charge is 1.97. The van der Waals surface area contributed by atoms with Crippen molar-refractivity contribution in [3.05, 3.63) is 24.3 Å². The SMILES string of the molecule is CCCCCSc1ccc(NC(C)=O)cc1. The van der Waals surface area contributed by atoms with Gasteiger partial charge in [0, 0.05) is 17.5 Å². The molecule has 1 rings (SSSR count). The normalized spacial score (nSPS) is 10.1. The van der Waals surface area contributed by atoms with Gasteiger partial charge in [0.25, 0.3) is 0 Å². The van der Waals surface area contributed by atoms with Crippen LogP contribution in [0.1, 0.15) is 33.1 Å². The van der Waals surface area contributed by atoms with Gasteiger partial charge in [0.05, 0.1) is 0 Å². The van der Waals surface area contributed by atoms with Gasteiger partial charge in [-0.1, -0.05) is 19.8 Å². The number of thioether (sulfide) groups is 1. The Morgan fingerprint density at radius 2 is 1.94 bits per heavy atom. The first-order valence-corrected chi connectivity index (χ1v) is 6.71. The Morgan fingerprint density at radius 1 is 1.25 bits per heavy atom. The second-order valence-electron chi connectivity index (χ2n) is 3.76. The van der Waals surface area contributed by atoms with Crippen LogP contribution in [-0.2, 0) is 4.79 Å². The van der Waals surface area contributed by atoms with E-state index in [1.807, 2.05) is 23.9 Å². The van der Waals surface area contributed by atoms with Crippen LogP contribution >= 0.6 is 11.8 Å². The topological polar surface area (TPSA) is 29.1 Å². The van der Waals surface area contributed by atoms with Gasteiger partial charge in [-0.05, 0) is 36.4 Å². The molecule has 3 heteroatoms. The molecule has 0 fully saturated rings. The van der Waals surface area contributed by atoms with E-state index in [4.69, 9.17) is 0 Å². The number of benzene rings is 1. The zero-order valence-electron chi connectivity index (χ0n) is 9.95. The zero-order valence-corrected chi connectivity index (χ0v) is 10.8. The summed E-state index contributed by atoms with van der Waals surface area (Å²) in [5, 5.41) is 2.76. The number of hydrogen-bond donors (Lipinski definition) is 1. The van der Waals surface area contributed by atoms with E-state index in [-0.39, 0.29) is 5.91 Å². The fourth-order valence-corrected chi connectivity index (χ4v) is 2.29. The fraction of sp³-hybridized carbons (Fsp3) is 0.462. The molecule has 0 radical (unpaired) electrons. The van der Waals surface area contributed by atoms with Gasteiger partial charge in [0.2, 0.25) is 5.91 Å². The Labute approximate surface area is 102 Å². The minimum Gasteiger partial charge on any atom is -0.326 e. The third-order valence-corrected chi connectivity index (χ3v) is 3.29. The lowest BCUT2D eigenvalue weighted by atomic mass is 10.3. The van der Waals surface area contributed by atoms with E-state index in [0.717, 1.165) is 5.69 Å². The maximum absolute atomic E-state index is 10.8. The standard InChI is InChI=1S/C13H19NOS/c1-3-4-5-10-16-13-8-6-12(7-9-13)14-11(2)15/h6-9H,3-5,10H2,1-2H3,(H,14,15). The number of rotatable bonds is 6. The van der Waals surface area contributed by atoms with E-state index in [1.165, 1.54) is 36.8 Å². The molecule has 16 heavy (non-hydrogen) atoms. The van der Waals surface area contributed by atoms with E-state index >= 15 is 0 Å². The molecule has 0 aromatic heterocycles. The minimum absolute atomic E-state index is 0.0247. The summed E-state index contributed by atoms with van der Waals surface area (Å²) in [6, 6.07) is 8.01. The van der Waals surface area contributed by atoms with Gasteiger partial charge in [-0.25, -0.2) is 0 Å². The molecule has 0 saturated carbocycles. The first kappa shape index (κ1) is 13.1. The quantitative estimate of drug-likeness (QED) is 0.600. The highest BCUT2D eigenvalue weighted by molar-refractivity contribution is 7.99. The van der Waals surface area contributed by atoms with Crippen LogP contribution in [-0.4, -0.2) is 11.7 Å². The number of hydrogen-bond acceptors (Lipinski definition) is 2. The molecule has 0 aliphatic carbocycles. The van der Waals surface area contributed by atoms with Gasteiger partial charge in [-0.2, -0.15) is 0 Å². The van der Waals surface area contributed by atoms with E-state index < -0.39 is 0 Å². The van der Waals surface area contributed by atoms with Crippen LogP contribution in [0, 0.1) is 0 Å². The summed E-state index contributed by atoms with van der Waals surface area (Å²) in [5.74, 6) is 1.15. The molecule has 2 nitrogen and oxygen atoms in total. The molecule has 1 amide bonds. The number of anilines is 1. The Kier molecular flexibility index (Phi) is 6.01. The average molecular weight is 237 g/mol. The lowest BCUT2D eigenvalue weighted by Crippen LogP contribution is -2.05. The van der Waals surface area contributed by atoms with Gasteiger partial charge in [-0.15, -0.1) is 11.8 Å². The smallest absolute Gasteiger partial charge is 0.221 e. The van der Waals surface area contributed by atoms with Crippen molar-refractivity contribution in [2.45, 2.75) is 38.0 Å². The second kappa shape index (κ2) is 7.34. The summed E-state index contributed by atoms with van der Waals surface area (Å²) >= 11 is 1.88. The third-order valence-electron chi connectivity index (χ3n) is 2.19. The minimum atomic E-state index is -0.0247. The number of unbranched alkanes of at least 4 members (excludes halogenated alkanes) is 2. The summed E-state index contributed by atoms with van der Waals surface area (Å²) in [7, 11) is 0. The molecule has 1 N–H and O–H groups in total. The number of amides is 1. The van der Waals surface area contributed by atoms with Crippen molar-refractivity contribution in [1.82, 2.24) is 0 Å². The predicted octanol–water partition coefficient (Wildman–Crippen LogP) is 3.93. The highest BCUT2D eigenvalue weighted by Crippen LogP contribution is 2.21. The Balaban J connectivity index is 2.36. The van der Waals surface area contributed by atoms with Crippen molar-refractivity contribution < 1.29 is 4.79 Å². The lowest BCUT2D eigenvalue weighted by Gasteiger charge is -2.04. The summed E-state index contributed by atoms with van der Waals surface area (Å²) in [6.07, 6.45) is 3.84. The monoisotopic (exact) mass is 237 g/mol. The number of nitrogens with one attached hydrogen (secondary N) is 1. The Bertz CT molecular complexity index is 321. The largest absolute Gasteiger partial charge is 0.326 e. The van der Waals surface area contributed by atoms with Gasteiger partial charge in [0.1, 0.15) is 0 Å². The summed E-state index contributed by atoms with van der Waals surface area (Å²) in [6.45, 7) is 3.74. The maximum Gasteiger partial charge on any atom is 0.221 e. The molecular formula is C13H19NOS. The Hall–Kier alpha value is -0.960. The van der Waals surface area contributed by atoms with Gasteiger partial charge < -0.3 is 5.32 Å². The summed E-state index contributed by atoms with van der Waals surface area (Å²) in [4.78, 5) is 12.1. The van der Waals surface area contributed by atoms with Gasteiger partial charge in [-0.3, -0.25) is 4.79 Å². The van der Waals surface area contributed by atoms with Gasteiger partial charge >= 0.3 is 0 Å². The number of carbonyl (C=O) groups is 1. The van der Waals surface area contributed by atoms with E-state index in [1.54, 1.807) is 0 Å². The second-order valence-corrected chi connectivity index (χ2v) is 4.93. The molecule has 0 saturated heterocycles. The van der Waals surface area contributed by atoms with Crippen molar-refractivity contribution >= 4 is 23.4 Å². The molecule has 0 heterocycles. The maximum atomic E-state index is 10.8. The van der Waals surface area contributed by atoms with Crippen LogP contribution < -0.4 is 5.32 Å². The fourth-order valence-electron chi connectivity index (χ4n) is 1.38. The lowest BCUT2D eigenvalue weighted by molar-refractivity contribution is -0.114. The van der Waals surface area contributed by atoms with Crippen molar-refractivity contribution in [2.24, 2.45) is 0 Å². The highest BCUT2D eigenvalue weighted by atomic mass is 32.2. The molecule has 0 atom stereocenters. The molecule has 0 aliphatic rings. The van der Waals surface area contributed by atoms with Crippen LogP contribution in [0.2, 0.25) is 0 Å². The molecular weight excluding hydrogens is 218 g/mol. The van der Waals surface area contributed by atoms with Crippen LogP contribution in [0.25, 0.3) is 0 Å². The summed E-state index contributed by atoms with van der Waals surface area (Å²) in [5.41, 5.74) is 0.866. The molecule has 0 bridgehead atoms. The van der Waals surface area contributed by atoms with Crippen molar-refractivity contribution in [2.75, 3.05) is 11.1 Å². The molecule has 88 valence electrons. The first-order valence-electron chi connectivity index (χ1n) is 5.73. The van der Waals surface area contributed by atoms with Crippen molar-refractivity contribution in [1.29, 1.82) is 0 Å². The molecule has 1 aromatic rings. The first-order chi connectivity index (χ1) is 7.72. The third kappa shape index (κ3) is 5.21. The molecule has 0 unspecified atom stereocenters. The van der Waals surface area contributed by atoms with Crippen molar-refractivity contribution in [3.8, 4) is 0 Å². The molecule has 0 aliphatic heterocycles. The van der Waals surface area contributed by atoms with Crippen LogP contribution in [0.4, 0.5) is 5.69 Å². The van der Waals surface area contributed by atoms with Crippen molar-refractivity contribution in [3.63, 3.8) is 0 Å². The van der Waals surface area contributed by atoms with Crippen LogP contribution in [0.3, 0.4) is 0 Å². The summed E-state index contributed by atoms with van der Waals surface area (Å²) < 4.78 is 0. The number of carbonyl (C=O) groups excluding carboxylic acids is 1. The van der Waals surface area contributed by atoms with Crippen LogP contribution in [0.15, 0.2) is 29.2 Å². The Morgan fingerprint density at radius 3 is 2.50 bits per heavy atom. The predicted molar refractivity (Wildman–Crippen MR) is 71.0 cm³/mol. The van der Waals surface area contributed by atoms with Gasteiger partial charge in [0.15, 0.2) is 0 Å². The average Bonchev–Trinajstić information content (AvgIpc) is 2.26. The zero-order chi connectivity index (χ0) is 11.8.